The van der Waals surface area contributed by atoms with Crippen LogP contribution in [0.3, 0.4) is 0 Å². The molecule has 0 bridgehead atoms. The van der Waals surface area contributed by atoms with Crippen molar-refractivity contribution in [2.45, 2.75) is 45.7 Å². The van der Waals surface area contributed by atoms with Gasteiger partial charge < -0.3 is 10.2 Å². The Hall–Kier alpha value is -0.610. The van der Waals surface area contributed by atoms with E-state index in [0.717, 1.165) is 26.1 Å². The SMILES string of the molecule is CCCN(CC(=O)N(C)C(C)C)C1CCNC1. The summed E-state index contributed by atoms with van der Waals surface area (Å²) >= 11 is 0. The van der Waals surface area contributed by atoms with Crippen LogP contribution in [0.4, 0.5) is 0 Å². The highest BCUT2D eigenvalue weighted by atomic mass is 16.2. The Morgan fingerprint density at radius 2 is 2.18 bits per heavy atom. The van der Waals surface area contributed by atoms with E-state index in [0.29, 0.717) is 12.6 Å². The molecule has 0 aromatic carbocycles. The summed E-state index contributed by atoms with van der Waals surface area (Å²) in [5.41, 5.74) is 0. The van der Waals surface area contributed by atoms with Crippen molar-refractivity contribution in [3.8, 4) is 0 Å². The molecule has 1 heterocycles. The van der Waals surface area contributed by atoms with Crippen LogP contribution in [-0.2, 0) is 4.79 Å². The second-order valence-corrected chi connectivity index (χ2v) is 5.22. The number of carbonyl (C=O) groups excluding carboxylic acids is 1. The van der Waals surface area contributed by atoms with E-state index in [1.165, 1.54) is 6.42 Å². The van der Waals surface area contributed by atoms with E-state index < -0.39 is 0 Å². The van der Waals surface area contributed by atoms with Crippen LogP contribution in [0, 0.1) is 0 Å². The highest BCUT2D eigenvalue weighted by molar-refractivity contribution is 5.78. The molecule has 0 spiro atoms. The molecular weight excluding hydrogens is 214 g/mol. The van der Waals surface area contributed by atoms with Gasteiger partial charge in [0.2, 0.25) is 5.91 Å². The van der Waals surface area contributed by atoms with Crippen LogP contribution in [0.2, 0.25) is 0 Å². The number of carbonyl (C=O) groups is 1. The molecule has 1 fully saturated rings. The fraction of sp³-hybridized carbons (Fsp3) is 0.923. The molecule has 1 unspecified atom stereocenters. The lowest BCUT2D eigenvalue weighted by Gasteiger charge is -2.30. The van der Waals surface area contributed by atoms with Crippen LogP contribution in [0.1, 0.15) is 33.6 Å². The van der Waals surface area contributed by atoms with Crippen molar-refractivity contribution in [2.75, 3.05) is 33.2 Å². The van der Waals surface area contributed by atoms with E-state index in [2.05, 4.69) is 31.0 Å². The third-order valence-electron chi connectivity index (χ3n) is 3.57. The van der Waals surface area contributed by atoms with E-state index in [-0.39, 0.29) is 11.9 Å². The van der Waals surface area contributed by atoms with Gasteiger partial charge in [0.15, 0.2) is 0 Å². The molecule has 1 aliphatic heterocycles. The normalized spacial score (nSPS) is 20.2. The monoisotopic (exact) mass is 241 g/mol. The quantitative estimate of drug-likeness (QED) is 0.751. The molecule has 0 aliphatic carbocycles. The predicted molar refractivity (Wildman–Crippen MR) is 71.0 cm³/mol. The number of likely N-dealkylation sites (N-methyl/N-ethyl adjacent to an activating group) is 1. The minimum atomic E-state index is 0.236. The van der Waals surface area contributed by atoms with Gasteiger partial charge in [-0.1, -0.05) is 6.92 Å². The van der Waals surface area contributed by atoms with Gasteiger partial charge in [-0.3, -0.25) is 9.69 Å². The molecule has 1 rings (SSSR count). The minimum absolute atomic E-state index is 0.236. The van der Waals surface area contributed by atoms with Gasteiger partial charge in [-0.15, -0.1) is 0 Å². The number of hydrogen-bond acceptors (Lipinski definition) is 3. The van der Waals surface area contributed by atoms with Crippen molar-refractivity contribution in [1.82, 2.24) is 15.1 Å². The Labute approximate surface area is 105 Å². The maximum absolute atomic E-state index is 12.1. The summed E-state index contributed by atoms with van der Waals surface area (Å²) in [4.78, 5) is 16.3. The average molecular weight is 241 g/mol. The topological polar surface area (TPSA) is 35.6 Å². The summed E-state index contributed by atoms with van der Waals surface area (Å²) in [7, 11) is 1.89. The maximum Gasteiger partial charge on any atom is 0.236 e. The van der Waals surface area contributed by atoms with Crippen LogP contribution in [0.5, 0.6) is 0 Å². The second kappa shape index (κ2) is 6.97. The molecule has 100 valence electrons. The van der Waals surface area contributed by atoms with Gasteiger partial charge >= 0.3 is 0 Å². The van der Waals surface area contributed by atoms with Crippen LogP contribution < -0.4 is 5.32 Å². The van der Waals surface area contributed by atoms with Crippen molar-refractivity contribution in [3.63, 3.8) is 0 Å². The first kappa shape index (κ1) is 14.5. The molecule has 1 aliphatic rings. The standard InChI is InChI=1S/C13H27N3O/c1-5-8-16(12-6-7-14-9-12)10-13(17)15(4)11(2)3/h11-12,14H,5-10H2,1-4H3. The first-order valence-electron chi connectivity index (χ1n) is 6.76. The molecule has 17 heavy (non-hydrogen) atoms. The summed E-state index contributed by atoms with van der Waals surface area (Å²) in [6, 6.07) is 0.826. The Bertz CT molecular complexity index is 237. The van der Waals surface area contributed by atoms with Gasteiger partial charge in [0.05, 0.1) is 6.54 Å². The summed E-state index contributed by atoms with van der Waals surface area (Å²) in [6.07, 6.45) is 2.27. The lowest BCUT2D eigenvalue weighted by Crippen LogP contribution is -2.46. The fourth-order valence-electron chi connectivity index (χ4n) is 2.20. The van der Waals surface area contributed by atoms with Crippen molar-refractivity contribution in [2.24, 2.45) is 0 Å². The molecule has 4 heteroatoms. The van der Waals surface area contributed by atoms with Crippen LogP contribution in [0.15, 0.2) is 0 Å². The molecule has 4 nitrogen and oxygen atoms in total. The summed E-state index contributed by atoms with van der Waals surface area (Å²) in [6.45, 7) is 9.97. The average Bonchev–Trinajstić information content (AvgIpc) is 2.80. The van der Waals surface area contributed by atoms with Crippen LogP contribution >= 0.6 is 0 Å². The fourth-order valence-corrected chi connectivity index (χ4v) is 2.20. The third-order valence-corrected chi connectivity index (χ3v) is 3.57. The van der Waals surface area contributed by atoms with E-state index in [1.54, 1.807) is 0 Å². The van der Waals surface area contributed by atoms with Gasteiger partial charge in [0.1, 0.15) is 0 Å². The Kier molecular flexibility index (Phi) is 5.92. The zero-order valence-electron chi connectivity index (χ0n) is 11.7. The van der Waals surface area contributed by atoms with E-state index in [1.807, 2.05) is 11.9 Å². The molecule has 0 radical (unpaired) electrons. The first-order valence-corrected chi connectivity index (χ1v) is 6.76. The molecule has 1 saturated heterocycles. The Morgan fingerprint density at radius 3 is 2.65 bits per heavy atom. The number of rotatable bonds is 6. The van der Waals surface area contributed by atoms with E-state index in [9.17, 15) is 4.79 Å². The van der Waals surface area contributed by atoms with Gasteiger partial charge in [-0.05, 0) is 39.8 Å². The minimum Gasteiger partial charge on any atom is -0.342 e. The third kappa shape index (κ3) is 4.28. The highest BCUT2D eigenvalue weighted by Gasteiger charge is 2.24. The second-order valence-electron chi connectivity index (χ2n) is 5.22. The first-order chi connectivity index (χ1) is 8.06. The van der Waals surface area contributed by atoms with Crippen molar-refractivity contribution >= 4 is 5.91 Å². The number of amides is 1. The number of nitrogens with one attached hydrogen (secondary N) is 1. The lowest BCUT2D eigenvalue weighted by molar-refractivity contribution is -0.133. The van der Waals surface area contributed by atoms with Gasteiger partial charge in [0.25, 0.3) is 0 Å². The molecular formula is C13H27N3O. The van der Waals surface area contributed by atoms with Crippen molar-refractivity contribution in [1.29, 1.82) is 0 Å². The Balaban J connectivity index is 2.50. The van der Waals surface area contributed by atoms with E-state index >= 15 is 0 Å². The van der Waals surface area contributed by atoms with Crippen LogP contribution in [0.25, 0.3) is 0 Å². The lowest BCUT2D eigenvalue weighted by atomic mass is 10.2. The Morgan fingerprint density at radius 1 is 1.47 bits per heavy atom. The smallest absolute Gasteiger partial charge is 0.236 e. The predicted octanol–water partition coefficient (Wildman–Crippen LogP) is 0.927. The maximum atomic E-state index is 12.1. The summed E-state index contributed by atoms with van der Waals surface area (Å²) < 4.78 is 0. The largest absolute Gasteiger partial charge is 0.342 e. The van der Waals surface area contributed by atoms with Gasteiger partial charge in [-0.25, -0.2) is 0 Å². The van der Waals surface area contributed by atoms with Gasteiger partial charge in [-0.2, -0.15) is 0 Å². The molecule has 1 atom stereocenters. The zero-order valence-corrected chi connectivity index (χ0v) is 11.7. The number of hydrogen-bond donors (Lipinski definition) is 1. The summed E-state index contributed by atoms with van der Waals surface area (Å²) in [5.74, 6) is 0.236. The molecule has 1 amide bonds. The summed E-state index contributed by atoms with van der Waals surface area (Å²) in [5, 5.41) is 3.37. The zero-order chi connectivity index (χ0) is 12.8. The van der Waals surface area contributed by atoms with Crippen LogP contribution in [-0.4, -0.2) is 61.0 Å². The van der Waals surface area contributed by atoms with Crippen molar-refractivity contribution < 1.29 is 4.79 Å². The molecule has 1 N–H and O–H groups in total. The highest BCUT2D eigenvalue weighted by Crippen LogP contribution is 2.10. The van der Waals surface area contributed by atoms with Crippen molar-refractivity contribution in [3.05, 3.63) is 0 Å². The van der Waals surface area contributed by atoms with E-state index in [4.69, 9.17) is 0 Å². The molecule has 0 aromatic rings. The molecule has 0 saturated carbocycles. The molecule has 0 aromatic heterocycles. The number of nitrogens with zero attached hydrogens (tertiary/aromatic N) is 2. The van der Waals surface area contributed by atoms with Gasteiger partial charge in [0, 0.05) is 25.7 Å².